The lowest BCUT2D eigenvalue weighted by Crippen LogP contribution is -2.30. The molecule has 1 aliphatic rings. The quantitative estimate of drug-likeness (QED) is 0.786. The molecule has 1 aromatic rings. The first kappa shape index (κ1) is 13.1. The lowest BCUT2D eigenvalue weighted by Gasteiger charge is -2.27. The van der Waals surface area contributed by atoms with E-state index in [9.17, 15) is 0 Å². The standard InChI is InChI=1S/C14H20N2O2/c1-3-9-17-14(18-10-4-2)12-8-6-5-7-11(12)13(15)16-14/h5-8H,3-4,9-10H2,1-2H3,(H2,15,16). The normalized spacial score (nSPS) is 16.4. The Morgan fingerprint density at radius 1 is 1.11 bits per heavy atom. The topological polar surface area (TPSA) is 56.8 Å². The summed E-state index contributed by atoms with van der Waals surface area (Å²) in [4.78, 5) is 4.41. The van der Waals surface area contributed by atoms with Crippen molar-refractivity contribution in [3.05, 3.63) is 35.4 Å². The minimum absolute atomic E-state index is 0.484. The van der Waals surface area contributed by atoms with Crippen LogP contribution in [0.3, 0.4) is 0 Å². The predicted octanol–water partition coefficient (Wildman–Crippen LogP) is 2.37. The number of amidine groups is 1. The summed E-state index contributed by atoms with van der Waals surface area (Å²) >= 11 is 0. The van der Waals surface area contributed by atoms with Crippen LogP contribution in [0.15, 0.2) is 29.3 Å². The molecule has 98 valence electrons. The van der Waals surface area contributed by atoms with E-state index in [0.29, 0.717) is 19.0 Å². The van der Waals surface area contributed by atoms with E-state index in [0.717, 1.165) is 24.0 Å². The summed E-state index contributed by atoms with van der Waals surface area (Å²) in [7, 11) is 0. The fourth-order valence-electron chi connectivity index (χ4n) is 2.00. The van der Waals surface area contributed by atoms with Gasteiger partial charge < -0.3 is 15.2 Å². The van der Waals surface area contributed by atoms with Gasteiger partial charge in [0.15, 0.2) is 0 Å². The van der Waals surface area contributed by atoms with Crippen LogP contribution >= 0.6 is 0 Å². The third kappa shape index (κ3) is 2.26. The van der Waals surface area contributed by atoms with E-state index in [1.807, 2.05) is 24.3 Å². The SMILES string of the molecule is CCCOC1(OCCC)N=C(N)c2ccccc21. The number of aliphatic imine (C=N–C) groups is 1. The lowest BCUT2D eigenvalue weighted by atomic mass is 10.1. The second-order valence-corrected chi connectivity index (χ2v) is 4.32. The van der Waals surface area contributed by atoms with Crippen LogP contribution in [0, 0.1) is 0 Å². The lowest BCUT2D eigenvalue weighted by molar-refractivity contribution is -0.239. The summed E-state index contributed by atoms with van der Waals surface area (Å²) in [5.41, 5.74) is 7.77. The highest BCUT2D eigenvalue weighted by molar-refractivity contribution is 6.01. The number of nitrogens with two attached hydrogens (primary N) is 1. The monoisotopic (exact) mass is 248 g/mol. The summed E-state index contributed by atoms with van der Waals surface area (Å²) < 4.78 is 11.7. The zero-order valence-electron chi connectivity index (χ0n) is 11.0. The van der Waals surface area contributed by atoms with Crippen molar-refractivity contribution in [2.24, 2.45) is 10.7 Å². The van der Waals surface area contributed by atoms with Crippen molar-refractivity contribution in [2.75, 3.05) is 13.2 Å². The molecule has 1 heterocycles. The average Bonchev–Trinajstić information content (AvgIpc) is 2.69. The second kappa shape index (κ2) is 5.50. The molecule has 0 atom stereocenters. The van der Waals surface area contributed by atoms with Gasteiger partial charge in [-0.1, -0.05) is 38.1 Å². The Hall–Kier alpha value is -1.39. The summed E-state index contributed by atoms with van der Waals surface area (Å²) in [6.07, 6.45) is 1.82. The van der Waals surface area contributed by atoms with Crippen molar-refractivity contribution in [1.29, 1.82) is 0 Å². The van der Waals surface area contributed by atoms with Crippen LogP contribution in [0.4, 0.5) is 0 Å². The van der Waals surface area contributed by atoms with Crippen molar-refractivity contribution in [1.82, 2.24) is 0 Å². The van der Waals surface area contributed by atoms with Gasteiger partial charge in [0.1, 0.15) is 5.84 Å². The van der Waals surface area contributed by atoms with Gasteiger partial charge >= 0.3 is 5.91 Å². The number of hydrogen-bond acceptors (Lipinski definition) is 4. The van der Waals surface area contributed by atoms with Gasteiger partial charge in [-0.15, -0.1) is 0 Å². The number of benzene rings is 1. The molecule has 1 aromatic carbocycles. The molecule has 4 heteroatoms. The molecular formula is C14H20N2O2. The van der Waals surface area contributed by atoms with Crippen LogP contribution in [0.25, 0.3) is 0 Å². The van der Waals surface area contributed by atoms with Gasteiger partial charge in [0, 0.05) is 11.1 Å². The van der Waals surface area contributed by atoms with Crippen LogP contribution < -0.4 is 5.73 Å². The van der Waals surface area contributed by atoms with E-state index in [1.54, 1.807) is 0 Å². The number of ether oxygens (including phenoxy) is 2. The van der Waals surface area contributed by atoms with E-state index in [-0.39, 0.29) is 0 Å². The smallest absolute Gasteiger partial charge is 0.300 e. The van der Waals surface area contributed by atoms with Gasteiger partial charge in [-0.05, 0) is 12.8 Å². The highest BCUT2D eigenvalue weighted by Crippen LogP contribution is 2.37. The fraction of sp³-hybridized carbons (Fsp3) is 0.500. The molecule has 18 heavy (non-hydrogen) atoms. The highest BCUT2D eigenvalue weighted by Gasteiger charge is 2.41. The summed E-state index contributed by atoms with van der Waals surface area (Å²) in [5.74, 6) is -0.551. The fourth-order valence-corrected chi connectivity index (χ4v) is 2.00. The number of rotatable bonds is 6. The summed E-state index contributed by atoms with van der Waals surface area (Å²) in [5, 5.41) is 0. The molecule has 1 aliphatic heterocycles. The van der Waals surface area contributed by atoms with Crippen molar-refractivity contribution in [3.8, 4) is 0 Å². The second-order valence-electron chi connectivity index (χ2n) is 4.32. The zero-order valence-corrected chi connectivity index (χ0v) is 11.0. The van der Waals surface area contributed by atoms with Crippen molar-refractivity contribution in [2.45, 2.75) is 32.6 Å². The van der Waals surface area contributed by atoms with Gasteiger partial charge in [-0.25, -0.2) is 4.99 Å². The molecule has 0 amide bonds. The molecule has 4 nitrogen and oxygen atoms in total. The van der Waals surface area contributed by atoms with Crippen LogP contribution in [-0.4, -0.2) is 19.0 Å². The van der Waals surface area contributed by atoms with Crippen LogP contribution in [0.1, 0.15) is 37.8 Å². The maximum atomic E-state index is 5.96. The van der Waals surface area contributed by atoms with Crippen molar-refractivity contribution >= 4 is 5.84 Å². The first-order valence-electron chi connectivity index (χ1n) is 6.46. The molecule has 0 bridgehead atoms. The number of nitrogens with zero attached hydrogens (tertiary/aromatic N) is 1. The van der Waals surface area contributed by atoms with Crippen molar-refractivity contribution < 1.29 is 9.47 Å². The molecular weight excluding hydrogens is 228 g/mol. The van der Waals surface area contributed by atoms with Crippen LogP contribution in [0.2, 0.25) is 0 Å². The van der Waals surface area contributed by atoms with E-state index in [2.05, 4.69) is 18.8 Å². The van der Waals surface area contributed by atoms with E-state index in [4.69, 9.17) is 15.2 Å². The third-order valence-corrected chi connectivity index (χ3v) is 2.81. The molecule has 0 fully saturated rings. The Bertz CT molecular complexity index is 435. The Morgan fingerprint density at radius 3 is 2.33 bits per heavy atom. The maximum Gasteiger partial charge on any atom is 0.300 e. The van der Waals surface area contributed by atoms with Crippen LogP contribution in [-0.2, 0) is 15.4 Å². The third-order valence-electron chi connectivity index (χ3n) is 2.81. The zero-order chi connectivity index (χ0) is 13.0. The summed E-state index contributed by atoms with van der Waals surface area (Å²) in [6.45, 7) is 5.30. The number of hydrogen-bond donors (Lipinski definition) is 1. The van der Waals surface area contributed by atoms with Gasteiger partial charge in [0.05, 0.1) is 13.2 Å². The van der Waals surface area contributed by atoms with Gasteiger partial charge in [-0.2, -0.15) is 0 Å². The molecule has 0 unspecified atom stereocenters. The highest BCUT2D eigenvalue weighted by atomic mass is 16.7. The van der Waals surface area contributed by atoms with Gasteiger partial charge in [0.2, 0.25) is 0 Å². The Balaban J connectivity index is 2.35. The minimum atomic E-state index is -1.04. The number of fused-ring (bicyclic) bond motifs is 1. The Kier molecular flexibility index (Phi) is 3.99. The van der Waals surface area contributed by atoms with Crippen molar-refractivity contribution in [3.63, 3.8) is 0 Å². The first-order valence-corrected chi connectivity index (χ1v) is 6.46. The first-order chi connectivity index (χ1) is 8.73. The largest absolute Gasteiger partial charge is 0.383 e. The predicted molar refractivity (Wildman–Crippen MR) is 71.3 cm³/mol. The molecule has 2 N–H and O–H groups in total. The van der Waals surface area contributed by atoms with E-state index >= 15 is 0 Å². The molecule has 0 saturated carbocycles. The molecule has 0 aromatic heterocycles. The molecule has 2 rings (SSSR count). The molecule has 0 radical (unpaired) electrons. The molecule has 0 spiro atoms. The van der Waals surface area contributed by atoms with Crippen LogP contribution in [0.5, 0.6) is 0 Å². The summed E-state index contributed by atoms with van der Waals surface area (Å²) in [6, 6.07) is 7.80. The Labute approximate surface area is 108 Å². The minimum Gasteiger partial charge on any atom is -0.383 e. The Morgan fingerprint density at radius 2 is 1.72 bits per heavy atom. The van der Waals surface area contributed by atoms with Gasteiger partial charge in [-0.3, -0.25) is 0 Å². The molecule has 0 saturated heterocycles. The van der Waals surface area contributed by atoms with Gasteiger partial charge in [0.25, 0.3) is 0 Å². The average molecular weight is 248 g/mol. The van der Waals surface area contributed by atoms with E-state index in [1.165, 1.54) is 0 Å². The molecule has 0 aliphatic carbocycles. The van der Waals surface area contributed by atoms with E-state index < -0.39 is 5.91 Å². The maximum absolute atomic E-state index is 5.96.